The van der Waals surface area contributed by atoms with Gasteiger partial charge in [0.15, 0.2) is 0 Å². The maximum Gasteiger partial charge on any atom is 0.306 e. The average Bonchev–Trinajstić information content (AvgIpc) is 3.12. The van der Waals surface area contributed by atoms with Crippen LogP contribution in [0.3, 0.4) is 0 Å². The van der Waals surface area contributed by atoms with E-state index in [1.165, 1.54) is 0 Å². The molecular formula is C38H44N4O7. The highest BCUT2D eigenvalue weighted by molar-refractivity contribution is 5.95. The molecule has 1 aliphatic rings. The number of carbonyl (C=O) groups is 4. The highest BCUT2D eigenvalue weighted by Crippen LogP contribution is 2.26. The monoisotopic (exact) mass is 668 g/mol. The van der Waals surface area contributed by atoms with Gasteiger partial charge in [0.2, 0.25) is 11.8 Å². The Labute approximate surface area is 286 Å². The summed E-state index contributed by atoms with van der Waals surface area (Å²) in [6, 6.07) is 23.6. The van der Waals surface area contributed by atoms with Crippen LogP contribution in [0.1, 0.15) is 90.9 Å². The summed E-state index contributed by atoms with van der Waals surface area (Å²) in [6.07, 6.45) is 10.8. The van der Waals surface area contributed by atoms with Gasteiger partial charge in [-0.25, -0.2) is 10.9 Å². The third kappa shape index (κ3) is 12.7. The minimum atomic E-state index is -0.430. The predicted octanol–water partition coefficient (Wildman–Crippen LogP) is 6.03. The first-order valence-corrected chi connectivity index (χ1v) is 16.7. The SMILES string of the molecule is O=C(CCCCCCOc1cccc(C(=O)N/N=C/c2ccc(CN3C(=O)CC/C=C/CCC(=O)OC[C@@H]3c3ccccc3)cc2)c1)NO. The van der Waals surface area contributed by atoms with E-state index < -0.39 is 6.04 Å². The fraction of sp³-hybridized carbons (Fsp3) is 0.342. The summed E-state index contributed by atoms with van der Waals surface area (Å²) in [7, 11) is 0. The maximum absolute atomic E-state index is 13.5. The number of carbonyl (C=O) groups excluding carboxylic acids is 4. The number of benzene rings is 3. The van der Waals surface area contributed by atoms with E-state index in [2.05, 4.69) is 10.5 Å². The molecule has 3 aromatic carbocycles. The Balaban J connectivity index is 1.32. The van der Waals surface area contributed by atoms with Gasteiger partial charge in [-0.1, -0.05) is 85.7 Å². The number of ether oxygens (including phenoxy) is 2. The van der Waals surface area contributed by atoms with Gasteiger partial charge >= 0.3 is 5.97 Å². The molecule has 1 heterocycles. The number of allylic oxidation sites excluding steroid dienone is 2. The zero-order valence-electron chi connectivity index (χ0n) is 27.6. The number of unbranched alkanes of at least 4 members (excludes halogenated alkanes) is 3. The zero-order valence-corrected chi connectivity index (χ0v) is 27.6. The maximum atomic E-state index is 13.5. The van der Waals surface area contributed by atoms with Gasteiger partial charge in [-0.15, -0.1) is 0 Å². The van der Waals surface area contributed by atoms with Crippen molar-refractivity contribution in [3.63, 3.8) is 0 Å². The Kier molecular flexibility index (Phi) is 15.0. The number of cyclic esters (lactones) is 1. The summed E-state index contributed by atoms with van der Waals surface area (Å²) in [6.45, 7) is 0.886. The number of hydroxylamine groups is 1. The molecule has 0 bridgehead atoms. The van der Waals surface area contributed by atoms with Gasteiger partial charge in [0.05, 0.1) is 18.9 Å². The predicted molar refractivity (Wildman–Crippen MR) is 185 cm³/mol. The Bertz CT molecular complexity index is 1570. The molecule has 258 valence electrons. The average molecular weight is 669 g/mol. The lowest BCUT2D eigenvalue weighted by atomic mass is 10.0. The van der Waals surface area contributed by atoms with E-state index in [0.29, 0.717) is 56.6 Å². The molecule has 0 fully saturated rings. The van der Waals surface area contributed by atoms with E-state index in [9.17, 15) is 19.2 Å². The summed E-state index contributed by atoms with van der Waals surface area (Å²) in [4.78, 5) is 51.4. The summed E-state index contributed by atoms with van der Waals surface area (Å²) in [5.74, 6) is -0.503. The summed E-state index contributed by atoms with van der Waals surface area (Å²) in [5, 5.41) is 12.6. The summed E-state index contributed by atoms with van der Waals surface area (Å²) < 4.78 is 11.4. The number of amides is 3. The fourth-order valence-electron chi connectivity index (χ4n) is 5.29. The van der Waals surface area contributed by atoms with Crippen LogP contribution in [0.2, 0.25) is 0 Å². The Morgan fingerprint density at radius 3 is 2.45 bits per heavy atom. The van der Waals surface area contributed by atoms with Crippen molar-refractivity contribution in [2.45, 2.75) is 70.4 Å². The lowest BCUT2D eigenvalue weighted by molar-refractivity contribution is -0.149. The van der Waals surface area contributed by atoms with Crippen molar-refractivity contribution in [2.75, 3.05) is 13.2 Å². The Morgan fingerprint density at radius 2 is 1.67 bits per heavy atom. The van der Waals surface area contributed by atoms with Crippen molar-refractivity contribution in [3.05, 3.63) is 113 Å². The number of esters is 1. The zero-order chi connectivity index (χ0) is 34.7. The van der Waals surface area contributed by atoms with Gasteiger partial charge < -0.3 is 14.4 Å². The molecule has 0 unspecified atom stereocenters. The summed E-state index contributed by atoms with van der Waals surface area (Å²) >= 11 is 0. The summed E-state index contributed by atoms with van der Waals surface area (Å²) in [5.41, 5.74) is 7.14. The van der Waals surface area contributed by atoms with Crippen LogP contribution in [0.15, 0.2) is 96.1 Å². The van der Waals surface area contributed by atoms with Crippen LogP contribution in [0.5, 0.6) is 5.75 Å². The second-order valence-corrected chi connectivity index (χ2v) is 11.7. The van der Waals surface area contributed by atoms with Gasteiger partial charge in [0, 0.05) is 31.4 Å². The molecule has 3 aromatic rings. The molecule has 0 aliphatic carbocycles. The topological polar surface area (TPSA) is 147 Å². The van der Waals surface area contributed by atoms with Crippen molar-refractivity contribution >= 4 is 29.9 Å². The molecular weight excluding hydrogens is 624 g/mol. The van der Waals surface area contributed by atoms with E-state index in [-0.39, 0.29) is 36.7 Å². The van der Waals surface area contributed by atoms with Crippen LogP contribution < -0.4 is 15.6 Å². The molecule has 0 spiro atoms. The number of hydrogen-bond donors (Lipinski definition) is 3. The van der Waals surface area contributed by atoms with Crippen LogP contribution in [-0.4, -0.2) is 53.2 Å². The molecule has 0 saturated heterocycles. The normalized spacial score (nSPS) is 16.3. The highest BCUT2D eigenvalue weighted by atomic mass is 16.5. The highest BCUT2D eigenvalue weighted by Gasteiger charge is 2.27. The third-order valence-electron chi connectivity index (χ3n) is 7.99. The van der Waals surface area contributed by atoms with E-state index in [0.717, 1.165) is 36.0 Å². The minimum Gasteiger partial charge on any atom is -0.494 e. The number of rotatable bonds is 14. The standard InChI is InChI=1S/C38H44N4O7/c43-35(41-47)17-8-3-4-11-24-48-33-16-12-15-32(25-33)38(46)40-39-26-29-20-22-30(23-21-29)27-42-34(31-13-6-5-7-14-31)28-49-37(45)19-10-2-1-9-18-36(42)44/h1-2,5-7,12-16,20-23,25-26,34,47H,3-4,8-11,17-19,24,27-28H2,(H,40,46)(H,41,43)/b2-1+,39-26+/t34-/m1/s1. The Morgan fingerprint density at radius 1 is 0.918 bits per heavy atom. The Hall–Kier alpha value is -5.29. The first-order valence-electron chi connectivity index (χ1n) is 16.7. The first-order chi connectivity index (χ1) is 23.9. The van der Waals surface area contributed by atoms with Crippen molar-refractivity contribution in [1.82, 2.24) is 15.8 Å². The van der Waals surface area contributed by atoms with Crippen molar-refractivity contribution < 1.29 is 33.9 Å². The molecule has 0 saturated carbocycles. The fourth-order valence-corrected chi connectivity index (χ4v) is 5.29. The van der Waals surface area contributed by atoms with Crippen LogP contribution in [0.25, 0.3) is 0 Å². The third-order valence-corrected chi connectivity index (χ3v) is 7.99. The van der Waals surface area contributed by atoms with Gasteiger partial charge in [-0.05, 0) is 60.6 Å². The van der Waals surface area contributed by atoms with Crippen LogP contribution in [0, 0.1) is 0 Å². The molecule has 0 radical (unpaired) electrons. The molecule has 11 heteroatoms. The van der Waals surface area contributed by atoms with Crippen LogP contribution >= 0.6 is 0 Å². The van der Waals surface area contributed by atoms with E-state index in [4.69, 9.17) is 14.7 Å². The van der Waals surface area contributed by atoms with Crippen molar-refractivity contribution in [1.29, 1.82) is 0 Å². The van der Waals surface area contributed by atoms with Gasteiger partial charge in [0.25, 0.3) is 5.91 Å². The van der Waals surface area contributed by atoms with Crippen molar-refractivity contribution in [2.24, 2.45) is 5.10 Å². The van der Waals surface area contributed by atoms with Gasteiger partial charge in [0.1, 0.15) is 12.4 Å². The number of nitrogens with one attached hydrogen (secondary N) is 2. The van der Waals surface area contributed by atoms with Crippen LogP contribution in [-0.2, 0) is 25.7 Å². The smallest absolute Gasteiger partial charge is 0.306 e. The van der Waals surface area contributed by atoms with E-state index in [1.807, 2.05) is 66.7 Å². The molecule has 4 rings (SSSR count). The molecule has 1 atom stereocenters. The lowest BCUT2D eigenvalue weighted by Crippen LogP contribution is -2.37. The molecule has 49 heavy (non-hydrogen) atoms. The quantitative estimate of drug-likeness (QED) is 0.0475. The van der Waals surface area contributed by atoms with E-state index in [1.54, 1.807) is 40.9 Å². The lowest BCUT2D eigenvalue weighted by Gasteiger charge is -2.32. The molecule has 11 nitrogen and oxygen atoms in total. The van der Waals surface area contributed by atoms with Crippen LogP contribution in [0.4, 0.5) is 0 Å². The second-order valence-electron chi connectivity index (χ2n) is 11.7. The van der Waals surface area contributed by atoms with Crippen molar-refractivity contribution in [3.8, 4) is 5.75 Å². The largest absolute Gasteiger partial charge is 0.494 e. The van der Waals surface area contributed by atoms with Gasteiger partial charge in [-0.3, -0.25) is 24.4 Å². The second kappa shape index (κ2) is 20.2. The first kappa shape index (κ1) is 36.5. The number of hydrogen-bond acceptors (Lipinski definition) is 8. The minimum absolute atomic E-state index is 0.0278. The molecule has 3 N–H and O–H groups in total. The van der Waals surface area contributed by atoms with E-state index >= 15 is 0 Å². The number of nitrogens with zero attached hydrogens (tertiary/aromatic N) is 2. The van der Waals surface area contributed by atoms with Gasteiger partial charge in [-0.2, -0.15) is 5.10 Å². The number of hydrazone groups is 1. The molecule has 3 amide bonds. The molecule has 0 aromatic heterocycles. The molecule has 1 aliphatic heterocycles.